The molecular formula is C13H27NO. The van der Waals surface area contributed by atoms with E-state index in [9.17, 15) is 0 Å². The largest absolute Gasteiger partial charge is 0.380 e. The molecule has 0 aromatic carbocycles. The van der Waals surface area contributed by atoms with Gasteiger partial charge in [-0.25, -0.2) is 0 Å². The molecule has 1 rings (SSSR count). The molecule has 0 amide bonds. The molecule has 0 spiro atoms. The molecule has 15 heavy (non-hydrogen) atoms. The van der Waals surface area contributed by atoms with Gasteiger partial charge in [-0.05, 0) is 50.9 Å². The summed E-state index contributed by atoms with van der Waals surface area (Å²) >= 11 is 0. The smallest absolute Gasteiger partial charge is 0.0646 e. The lowest BCUT2D eigenvalue weighted by molar-refractivity contribution is 0.0465. The maximum absolute atomic E-state index is 6.38. The molecule has 0 aromatic rings. The lowest BCUT2D eigenvalue weighted by atomic mass is 9.69. The van der Waals surface area contributed by atoms with Crippen LogP contribution in [0.1, 0.15) is 47.0 Å². The number of rotatable bonds is 4. The lowest BCUT2D eigenvalue weighted by Gasteiger charge is -2.41. The third kappa shape index (κ3) is 3.76. The van der Waals surface area contributed by atoms with Gasteiger partial charge in [0.2, 0.25) is 0 Å². The Morgan fingerprint density at radius 2 is 1.73 bits per heavy atom. The van der Waals surface area contributed by atoms with Crippen molar-refractivity contribution in [2.75, 3.05) is 13.2 Å². The molecule has 0 saturated heterocycles. The molecule has 1 aliphatic carbocycles. The van der Waals surface area contributed by atoms with E-state index >= 15 is 0 Å². The molecule has 3 unspecified atom stereocenters. The van der Waals surface area contributed by atoms with Gasteiger partial charge in [-0.3, -0.25) is 0 Å². The predicted octanol–water partition coefficient (Wildman–Crippen LogP) is 2.81. The van der Waals surface area contributed by atoms with Gasteiger partial charge in [0.15, 0.2) is 0 Å². The Bertz CT molecular complexity index is 181. The number of ether oxygens (including phenoxy) is 1. The number of hydrogen-bond donors (Lipinski definition) is 1. The zero-order chi connectivity index (χ0) is 11.5. The van der Waals surface area contributed by atoms with Crippen LogP contribution in [-0.4, -0.2) is 18.8 Å². The van der Waals surface area contributed by atoms with Crippen molar-refractivity contribution in [3.8, 4) is 0 Å². The van der Waals surface area contributed by atoms with Crippen molar-refractivity contribution < 1.29 is 4.74 Å². The minimum absolute atomic E-state index is 0.140. The summed E-state index contributed by atoms with van der Waals surface area (Å²) in [6, 6.07) is 0. The Labute approximate surface area is 94.6 Å². The highest BCUT2D eigenvalue weighted by Gasteiger charge is 2.35. The third-order valence-electron chi connectivity index (χ3n) is 3.73. The highest BCUT2D eigenvalue weighted by atomic mass is 16.5. The molecule has 2 heteroatoms. The quantitative estimate of drug-likeness (QED) is 0.779. The second-order valence-electron chi connectivity index (χ2n) is 5.76. The zero-order valence-electron chi connectivity index (χ0n) is 10.8. The fourth-order valence-corrected chi connectivity index (χ4v) is 2.93. The van der Waals surface area contributed by atoms with Crippen LogP contribution in [0.15, 0.2) is 0 Å². The van der Waals surface area contributed by atoms with Crippen molar-refractivity contribution in [2.24, 2.45) is 23.5 Å². The van der Waals surface area contributed by atoms with Crippen molar-refractivity contribution in [3.05, 3.63) is 0 Å². The SMILES string of the molecule is CCOCC(C)(N)C1CC(C)CC(C)C1. The van der Waals surface area contributed by atoms with E-state index in [1.54, 1.807) is 0 Å². The molecule has 90 valence electrons. The van der Waals surface area contributed by atoms with Crippen LogP contribution in [0.5, 0.6) is 0 Å². The number of nitrogens with two attached hydrogens (primary N) is 1. The molecular weight excluding hydrogens is 186 g/mol. The first-order chi connectivity index (χ1) is 6.95. The van der Waals surface area contributed by atoms with Crippen molar-refractivity contribution in [1.29, 1.82) is 0 Å². The highest BCUT2D eigenvalue weighted by Crippen LogP contribution is 2.37. The summed E-state index contributed by atoms with van der Waals surface area (Å²) in [6.45, 7) is 10.3. The van der Waals surface area contributed by atoms with Gasteiger partial charge in [-0.2, -0.15) is 0 Å². The summed E-state index contributed by atoms with van der Waals surface area (Å²) in [7, 11) is 0. The van der Waals surface area contributed by atoms with Gasteiger partial charge < -0.3 is 10.5 Å². The Balaban J connectivity index is 2.52. The average molecular weight is 213 g/mol. The van der Waals surface area contributed by atoms with Crippen LogP contribution in [-0.2, 0) is 4.74 Å². The van der Waals surface area contributed by atoms with Gasteiger partial charge in [-0.15, -0.1) is 0 Å². The lowest BCUT2D eigenvalue weighted by Crippen LogP contribution is -2.50. The standard InChI is InChI=1S/C13H27NO/c1-5-15-9-13(4,14)12-7-10(2)6-11(3)8-12/h10-12H,5-9,14H2,1-4H3. The molecule has 1 aliphatic rings. The Morgan fingerprint density at radius 3 is 2.20 bits per heavy atom. The Kier molecular flexibility index (Phi) is 4.60. The summed E-state index contributed by atoms with van der Waals surface area (Å²) in [5.41, 5.74) is 6.24. The van der Waals surface area contributed by atoms with E-state index in [1.165, 1.54) is 19.3 Å². The second-order valence-corrected chi connectivity index (χ2v) is 5.76. The zero-order valence-corrected chi connectivity index (χ0v) is 10.8. The van der Waals surface area contributed by atoms with Crippen LogP contribution in [0, 0.1) is 17.8 Å². The predicted molar refractivity (Wildman–Crippen MR) is 64.8 cm³/mol. The van der Waals surface area contributed by atoms with Crippen molar-refractivity contribution >= 4 is 0 Å². The van der Waals surface area contributed by atoms with Crippen LogP contribution in [0.4, 0.5) is 0 Å². The summed E-state index contributed by atoms with van der Waals surface area (Å²) < 4.78 is 5.50. The van der Waals surface area contributed by atoms with Crippen molar-refractivity contribution in [3.63, 3.8) is 0 Å². The topological polar surface area (TPSA) is 35.2 Å². The monoisotopic (exact) mass is 213 g/mol. The summed E-state index contributed by atoms with van der Waals surface area (Å²) in [6.07, 6.45) is 3.90. The van der Waals surface area contributed by atoms with Crippen LogP contribution >= 0.6 is 0 Å². The van der Waals surface area contributed by atoms with E-state index in [1.807, 2.05) is 6.92 Å². The summed E-state index contributed by atoms with van der Waals surface area (Å²) in [5.74, 6) is 2.27. The molecule has 2 N–H and O–H groups in total. The van der Waals surface area contributed by atoms with Crippen LogP contribution in [0.2, 0.25) is 0 Å². The fraction of sp³-hybridized carbons (Fsp3) is 1.00. The molecule has 0 bridgehead atoms. The minimum atomic E-state index is -0.140. The van der Waals surface area contributed by atoms with Crippen molar-refractivity contribution in [1.82, 2.24) is 0 Å². The van der Waals surface area contributed by atoms with Gasteiger partial charge in [0.25, 0.3) is 0 Å². The van der Waals surface area contributed by atoms with E-state index in [-0.39, 0.29) is 5.54 Å². The van der Waals surface area contributed by atoms with Gasteiger partial charge in [0, 0.05) is 12.1 Å². The van der Waals surface area contributed by atoms with Gasteiger partial charge in [0.1, 0.15) is 0 Å². The molecule has 0 aliphatic heterocycles. The van der Waals surface area contributed by atoms with E-state index in [0.717, 1.165) is 18.4 Å². The molecule has 0 aromatic heterocycles. The molecule has 2 nitrogen and oxygen atoms in total. The molecule has 1 fully saturated rings. The van der Waals surface area contributed by atoms with Gasteiger partial charge in [0.05, 0.1) is 6.61 Å². The van der Waals surface area contributed by atoms with Crippen LogP contribution in [0.3, 0.4) is 0 Å². The van der Waals surface area contributed by atoms with E-state index in [4.69, 9.17) is 10.5 Å². The Hall–Kier alpha value is -0.0800. The maximum atomic E-state index is 6.38. The highest BCUT2D eigenvalue weighted by molar-refractivity contribution is 4.91. The molecule has 1 saturated carbocycles. The number of hydrogen-bond acceptors (Lipinski definition) is 2. The van der Waals surface area contributed by atoms with Gasteiger partial charge in [-0.1, -0.05) is 13.8 Å². The first-order valence-electron chi connectivity index (χ1n) is 6.32. The normalized spacial score (nSPS) is 36.2. The second kappa shape index (κ2) is 5.31. The maximum Gasteiger partial charge on any atom is 0.0646 e. The first-order valence-corrected chi connectivity index (χ1v) is 6.32. The van der Waals surface area contributed by atoms with E-state index < -0.39 is 0 Å². The van der Waals surface area contributed by atoms with Crippen LogP contribution < -0.4 is 5.73 Å². The average Bonchev–Trinajstić information content (AvgIpc) is 2.13. The van der Waals surface area contributed by atoms with Crippen molar-refractivity contribution in [2.45, 2.75) is 52.5 Å². The molecule has 0 heterocycles. The molecule has 0 radical (unpaired) electrons. The molecule has 3 atom stereocenters. The minimum Gasteiger partial charge on any atom is -0.380 e. The fourth-order valence-electron chi connectivity index (χ4n) is 2.93. The summed E-state index contributed by atoms with van der Waals surface area (Å²) in [4.78, 5) is 0. The van der Waals surface area contributed by atoms with E-state index in [2.05, 4.69) is 20.8 Å². The van der Waals surface area contributed by atoms with Gasteiger partial charge >= 0.3 is 0 Å². The summed E-state index contributed by atoms with van der Waals surface area (Å²) in [5, 5.41) is 0. The van der Waals surface area contributed by atoms with Crippen LogP contribution in [0.25, 0.3) is 0 Å². The third-order valence-corrected chi connectivity index (χ3v) is 3.73. The first kappa shape index (κ1) is 13.0. The Morgan fingerprint density at radius 1 is 1.20 bits per heavy atom. The van der Waals surface area contributed by atoms with E-state index in [0.29, 0.717) is 12.5 Å².